The van der Waals surface area contributed by atoms with Crippen molar-refractivity contribution < 1.29 is 4.79 Å². The number of thiophene rings is 1. The quantitative estimate of drug-likeness (QED) is 0.553. The first-order valence-corrected chi connectivity index (χ1v) is 9.39. The number of anilines is 1. The number of pyridine rings is 1. The summed E-state index contributed by atoms with van der Waals surface area (Å²) >= 11 is 1.29. The van der Waals surface area contributed by atoms with Gasteiger partial charge in [0.25, 0.3) is 5.56 Å². The van der Waals surface area contributed by atoms with E-state index in [1.54, 1.807) is 10.6 Å². The Kier molecular flexibility index (Phi) is 4.30. The molecule has 0 saturated carbocycles. The van der Waals surface area contributed by atoms with Crippen LogP contribution in [0, 0.1) is 0 Å². The molecule has 5 nitrogen and oxygen atoms in total. The van der Waals surface area contributed by atoms with Crippen molar-refractivity contribution in [2.75, 3.05) is 26.4 Å². The van der Waals surface area contributed by atoms with Crippen LogP contribution in [0.3, 0.4) is 0 Å². The molecule has 0 amide bonds. The van der Waals surface area contributed by atoms with Gasteiger partial charge in [0.1, 0.15) is 4.83 Å². The first kappa shape index (κ1) is 17.5. The number of likely N-dealkylation sites (N-methyl/N-ethyl adjacent to an activating group) is 1. The summed E-state index contributed by atoms with van der Waals surface area (Å²) in [4.78, 5) is 29.0. The van der Waals surface area contributed by atoms with Crippen molar-refractivity contribution in [3.8, 4) is 5.69 Å². The predicted octanol–water partition coefficient (Wildman–Crippen LogP) is 3.53. The number of carbonyl (C=O) groups is 1. The van der Waals surface area contributed by atoms with Crippen LogP contribution >= 0.6 is 11.3 Å². The van der Waals surface area contributed by atoms with Gasteiger partial charge in [0.05, 0.1) is 22.8 Å². The Bertz CT molecular complexity index is 1220. The minimum atomic E-state index is -0.114. The lowest BCUT2D eigenvalue weighted by Gasteiger charge is -2.10. The van der Waals surface area contributed by atoms with Crippen LogP contribution in [0.1, 0.15) is 9.67 Å². The molecule has 0 atom stereocenters. The van der Waals surface area contributed by atoms with E-state index < -0.39 is 0 Å². The fourth-order valence-corrected chi connectivity index (χ4v) is 4.51. The second-order valence-corrected chi connectivity index (χ2v) is 7.71. The molecule has 2 heterocycles. The number of fused-ring (bicyclic) bond motifs is 3. The number of ketones is 1. The third-order valence-corrected chi connectivity index (χ3v) is 5.72. The highest BCUT2D eigenvalue weighted by Gasteiger charge is 2.22. The lowest BCUT2D eigenvalue weighted by atomic mass is 10.1. The Hall–Kier alpha value is -2.96. The number of nitrogens with zero attached hydrogens (tertiary/aromatic N) is 2. The molecule has 2 aromatic heterocycles. The molecule has 2 aromatic carbocycles. The van der Waals surface area contributed by atoms with Gasteiger partial charge in [-0.25, -0.2) is 0 Å². The number of para-hydroxylation sites is 1. The Morgan fingerprint density at radius 1 is 1.04 bits per heavy atom. The van der Waals surface area contributed by atoms with E-state index in [0.717, 1.165) is 16.5 Å². The number of hydrogen-bond donors (Lipinski definition) is 1. The Morgan fingerprint density at radius 3 is 2.33 bits per heavy atom. The molecule has 0 aliphatic heterocycles. The third-order valence-electron chi connectivity index (χ3n) is 4.49. The first-order valence-electron chi connectivity index (χ1n) is 8.58. The standard InChI is InChI=1S/C21H19N3O2S/c1-23(2)12-16(25)19-18(22)17-14-10-6-7-11-15(14)20(26)24(21(17)27-19)13-8-4-3-5-9-13/h3-11H,12,22H2,1-2H3. The van der Waals surface area contributed by atoms with Gasteiger partial charge in [-0.1, -0.05) is 36.4 Å². The molecule has 0 aliphatic carbocycles. The second-order valence-electron chi connectivity index (χ2n) is 6.71. The molecule has 0 unspecified atom stereocenters. The van der Waals surface area contributed by atoms with Gasteiger partial charge in [-0.05, 0) is 37.7 Å². The van der Waals surface area contributed by atoms with Crippen molar-refractivity contribution in [2.24, 2.45) is 0 Å². The summed E-state index contributed by atoms with van der Waals surface area (Å²) < 4.78 is 1.66. The maximum atomic E-state index is 13.2. The zero-order valence-electron chi connectivity index (χ0n) is 15.1. The lowest BCUT2D eigenvalue weighted by molar-refractivity contribution is 0.0962. The molecular formula is C21H19N3O2S. The molecule has 0 radical (unpaired) electrons. The molecule has 0 spiro atoms. The van der Waals surface area contributed by atoms with E-state index in [2.05, 4.69) is 0 Å². The van der Waals surface area contributed by atoms with Gasteiger partial charge in [-0.3, -0.25) is 14.2 Å². The van der Waals surface area contributed by atoms with Gasteiger partial charge >= 0.3 is 0 Å². The average Bonchev–Trinajstić information content (AvgIpc) is 3.00. The maximum absolute atomic E-state index is 13.2. The summed E-state index contributed by atoms with van der Waals surface area (Å²) in [7, 11) is 3.69. The van der Waals surface area contributed by atoms with Gasteiger partial charge in [-0.2, -0.15) is 0 Å². The Morgan fingerprint density at radius 2 is 1.67 bits per heavy atom. The largest absolute Gasteiger partial charge is 0.397 e. The molecule has 0 fully saturated rings. The van der Waals surface area contributed by atoms with Crippen LogP contribution in [0.15, 0.2) is 59.4 Å². The number of Topliss-reactive ketones (excluding diaryl/α,β-unsaturated/α-hetero) is 1. The van der Waals surface area contributed by atoms with Gasteiger partial charge in [0.2, 0.25) is 0 Å². The lowest BCUT2D eigenvalue weighted by Crippen LogP contribution is -2.21. The average molecular weight is 377 g/mol. The van der Waals surface area contributed by atoms with Gasteiger partial charge in [0.15, 0.2) is 5.78 Å². The van der Waals surface area contributed by atoms with Crippen molar-refractivity contribution >= 4 is 43.8 Å². The van der Waals surface area contributed by atoms with E-state index in [1.165, 1.54) is 11.3 Å². The van der Waals surface area contributed by atoms with Crippen molar-refractivity contribution in [2.45, 2.75) is 0 Å². The normalized spacial score (nSPS) is 11.5. The number of nitrogens with two attached hydrogens (primary N) is 1. The number of aromatic nitrogens is 1. The van der Waals surface area contributed by atoms with Crippen LogP contribution in [0.5, 0.6) is 0 Å². The van der Waals surface area contributed by atoms with Gasteiger partial charge in [0, 0.05) is 10.8 Å². The van der Waals surface area contributed by atoms with Crippen LogP contribution in [0.25, 0.3) is 26.7 Å². The van der Waals surface area contributed by atoms with Crippen molar-refractivity contribution in [3.63, 3.8) is 0 Å². The maximum Gasteiger partial charge on any atom is 0.264 e. The minimum absolute atomic E-state index is 0.0464. The fourth-order valence-electron chi connectivity index (χ4n) is 3.33. The molecule has 0 bridgehead atoms. The summed E-state index contributed by atoms with van der Waals surface area (Å²) in [5.41, 5.74) is 7.52. The van der Waals surface area contributed by atoms with Gasteiger partial charge < -0.3 is 10.6 Å². The summed E-state index contributed by atoms with van der Waals surface area (Å²) in [6.45, 7) is 0.268. The molecule has 27 heavy (non-hydrogen) atoms. The van der Waals surface area contributed by atoms with E-state index in [1.807, 2.05) is 67.5 Å². The Balaban J connectivity index is 2.14. The topological polar surface area (TPSA) is 68.3 Å². The highest BCUT2D eigenvalue weighted by Crippen LogP contribution is 2.38. The zero-order valence-corrected chi connectivity index (χ0v) is 15.9. The molecule has 0 saturated heterocycles. The van der Waals surface area contributed by atoms with Crippen molar-refractivity contribution in [1.82, 2.24) is 9.47 Å². The van der Waals surface area contributed by atoms with E-state index in [4.69, 9.17) is 5.73 Å². The van der Waals surface area contributed by atoms with Gasteiger partial charge in [-0.15, -0.1) is 11.3 Å². The predicted molar refractivity (Wildman–Crippen MR) is 112 cm³/mol. The van der Waals surface area contributed by atoms with Crippen LogP contribution in [0.2, 0.25) is 0 Å². The number of carbonyl (C=O) groups excluding carboxylic acids is 1. The molecule has 0 aliphatic rings. The minimum Gasteiger partial charge on any atom is -0.397 e. The summed E-state index contributed by atoms with van der Waals surface area (Å²) in [5, 5.41) is 2.13. The number of hydrogen-bond acceptors (Lipinski definition) is 5. The molecule has 6 heteroatoms. The van der Waals surface area contributed by atoms with Crippen molar-refractivity contribution in [1.29, 1.82) is 0 Å². The molecule has 2 N–H and O–H groups in total. The second kappa shape index (κ2) is 6.64. The smallest absolute Gasteiger partial charge is 0.264 e. The Labute approximate surface area is 160 Å². The number of benzene rings is 2. The fraction of sp³-hybridized carbons (Fsp3) is 0.143. The molecule has 136 valence electrons. The van der Waals surface area contributed by atoms with Crippen LogP contribution in [-0.2, 0) is 0 Å². The monoisotopic (exact) mass is 377 g/mol. The number of rotatable bonds is 4. The molecule has 4 rings (SSSR count). The van der Waals surface area contributed by atoms with E-state index in [-0.39, 0.29) is 17.9 Å². The third kappa shape index (κ3) is 2.83. The SMILES string of the molecule is CN(C)CC(=O)c1sc2c(c1N)c1ccccc1c(=O)n2-c1ccccc1. The first-order chi connectivity index (χ1) is 13.0. The van der Waals surface area contributed by atoms with Crippen LogP contribution < -0.4 is 11.3 Å². The molecular weight excluding hydrogens is 358 g/mol. The number of nitrogen functional groups attached to an aromatic ring is 1. The molecule has 4 aromatic rings. The van der Waals surface area contributed by atoms with E-state index >= 15 is 0 Å². The van der Waals surface area contributed by atoms with E-state index in [9.17, 15) is 9.59 Å². The highest BCUT2D eigenvalue weighted by molar-refractivity contribution is 7.21. The zero-order chi connectivity index (χ0) is 19.1. The summed E-state index contributed by atoms with van der Waals surface area (Å²) in [6, 6.07) is 16.8. The summed E-state index contributed by atoms with van der Waals surface area (Å²) in [5.74, 6) is -0.0464. The van der Waals surface area contributed by atoms with Crippen LogP contribution in [-0.4, -0.2) is 35.9 Å². The highest BCUT2D eigenvalue weighted by atomic mass is 32.1. The van der Waals surface area contributed by atoms with E-state index in [0.29, 0.717) is 20.8 Å². The van der Waals surface area contributed by atoms with Crippen LogP contribution in [0.4, 0.5) is 5.69 Å². The summed E-state index contributed by atoms with van der Waals surface area (Å²) in [6.07, 6.45) is 0. The van der Waals surface area contributed by atoms with Crippen molar-refractivity contribution in [3.05, 3.63) is 69.8 Å².